The Morgan fingerprint density at radius 1 is 1.56 bits per heavy atom. The Hall–Kier alpha value is -0.450. The fourth-order valence-electron chi connectivity index (χ4n) is 3.32. The summed E-state index contributed by atoms with van der Waals surface area (Å²) < 4.78 is 0. The van der Waals surface area contributed by atoms with Crippen molar-refractivity contribution in [2.75, 3.05) is 13.1 Å². The number of rotatable bonds is 4. The van der Waals surface area contributed by atoms with Crippen LogP contribution in [0.15, 0.2) is 5.38 Å². The first-order chi connectivity index (χ1) is 8.64. The van der Waals surface area contributed by atoms with Crippen LogP contribution in [0.5, 0.6) is 0 Å². The molecule has 18 heavy (non-hydrogen) atoms. The van der Waals surface area contributed by atoms with Crippen LogP contribution in [-0.2, 0) is 5.54 Å². The molecule has 3 nitrogen and oxygen atoms in total. The van der Waals surface area contributed by atoms with E-state index in [1.165, 1.54) is 24.3 Å². The summed E-state index contributed by atoms with van der Waals surface area (Å²) in [7, 11) is 0. The third kappa shape index (κ3) is 2.10. The molecule has 0 spiro atoms. The van der Waals surface area contributed by atoms with Crippen molar-refractivity contribution in [2.45, 2.75) is 57.7 Å². The van der Waals surface area contributed by atoms with Gasteiger partial charge in [0.25, 0.3) is 0 Å². The molecule has 2 unspecified atom stereocenters. The molecular formula is C14H23N3S. The van der Waals surface area contributed by atoms with Gasteiger partial charge in [-0.25, -0.2) is 4.98 Å². The van der Waals surface area contributed by atoms with Crippen LogP contribution < -0.4 is 5.32 Å². The van der Waals surface area contributed by atoms with E-state index in [4.69, 9.17) is 4.98 Å². The van der Waals surface area contributed by atoms with E-state index in [0.29, 0.717) is 6.04 Å². The highest BCUT2D eigenvalue weighted by Crippen LogP contribution is 2.42. The summed E-state index contributed by atoms with van der Waals surface area (Å²) in [6.45, 7) is 8.82. The third-order valence-corrected chi connectivity index (χ3v) is 5.39. The molecule has 2 atom stereocenters. The fourth-order valence-corrected chi connectivity index (χ4v) is 4.30. The van der Waals surface area contributed by atoms with Crippen LogP contribution in [0.1, 0.15) is 43.8 Å². The maximum atomic E-state index is 4.76. The first-order valence-corrected chi connectivity index (χ1v) is 7.96. The van der Waals surface area contributed by atoms with Crippen LogP contribution in [0.2, 0.25) is 0 Å². The van der Waals surface area contributed by atoms with Crippen molar-refractivity contribution < 1.29 is 0 Å². The fraction of sp³-hybridized carbons (Fsp3) is 0.786. The lowest BCUT2D eigenvalue weighted by molar-refractivity contribution is 0.241. The normalized spacial score (nSPS) is 33.2. The molecule has 0 radical (unpaired) electrons. The van der Waals surface area contributed by atoms with E-state index in [9.17, 15) is 0 Å². The van der Waals surface area contributed by atoms with E-state index in [-0.39, 0.29) is 5.54 Å². The summed E-state index contributed by atoms with van der Waals surface area (Å²) in [5, 5.41) is 7.21. The summed E-state index contributed by atoms with van der Waals surface area (Å²) in [6, 6.07) is 1.53. The van der Waals surface area contributed by atoms with E-state index in [2.05, 4.69) is 36.4 Å². The largest absolute Gasteiger partial charge is 0.305 e. The van der Waals surface area contributed by atoms with Crippen LogP contribution in [0.25, 0.3) is 0 Å². The van der Waals surface area contributed by atoms with Gasteiger partial charge in [0.15, 0.2) is 0 Å². The van der Waals surface area contributed by atoms with Crippen molar-refractivity contribution in [3.05, 3.63) is 16.1 Å². The zero-order chi connectivity index (χ0) is 12.8. The molecule has 1 N–H and O–H groups in total. The zero-order valence-electron chi connectivity index (χ0n) is 11.6. The Labute approximate surface area is 114 Å². The molecule has 1 aliphatic carbocycles. The highest BCUT2D eigenvalue weighted by molar-refractivity contribution is 7.09. The molecule has 2 fully saturated rings. The van der Waals surface area contributed by atoms with Crippen LogP contribution >= 0.6 is 11.3 Å². The third-order valence-electron chi connectivity index (χ3n) is 4.22. The zero-order valence-corrected chi connectivity index (χ0v) is 12.4. The average Bonchev–Trinajstić information content (AvgIpc) is 2.99. The Kier molecular flexibility index (Phi) is 3.20. The van der Waals surface area contributed by atoms with Gasteiger partial charge in [-0.15, -0.1) is 11.3 Å². The summed E-state index contributed by atoms with van der Waals surface area (Å²) in [5.74, 6) is 0. The molecule has 1 saturated carbocycles. The highest BCUT2D eigenvalue weighted by Gasteiger charge is 2.48. The van der Waals surface area contributed by atoms with Crippen molar-refractivity contribution >= 4 is 11.3 Å². The highest BCUT2D eigenvalue weighted by atomic mass is 32.1. The molecule has 4 heteroatoms. The van der Waals surface area contributed by atoms with Gasteiger partial charge in [-0.1, -0.05) is 6.92 Å². The lowest BCUT2D eigenvalue weighted by Crippen LogP contribution is -2.45. The van der Waals surface area contributed by atoms with Gasteiger partial charge in [0.2, 0.25) is 0 Å². The maximum Gasteiger partial charge on any atom is 0.114 e. The monoisotopic (exact) mass is 265 g/mol. The van der Waals surface area contributed by atoms with Gasteiger partial charge in [-0.2, -0.15) is 0 Å². The van der Waals surface area contributed by atoms with Gasteiger partial charge in [-0.05, 0) is 39.7 Å². The molecule has 1 saturated heterocycles. The van der Waals surface area contributed by atoms with E-state index >= 15 is 0 Å². The topological polar surface area (TPSA) is 28.2 Å². The SMILES string of the molecule is CCNC1(c2nc(C)cs2)CC(C)N(C2CC2)C1. The number of hydrogen-bond acceptors (Lipinski definition) is 4. The Morgan fingerprint density at radius 3 is 2.89 bits per heavy atom. The second-order valence-corrected chi connectivity index (χ2v) is 6.72. The molecule has 1 aromatic rings. The van der Waals surface area contributed by atoms with Gasteiger partial charge >= 0.3 is 0 Å². The number of aromatic nitrogens is 1. The predicted molar refractivity (Wildman–Crippen MR) is 76.0 cm³/mol. The molecule has 2 heterocycles. The van der Waals surface area contributed by atoms with Crippen LogP contribution in [0.4, 0.5) is 0 Å². The number of likely N-dealkylation sites (tertiary alicyclic amines) is 1. The summed E-state index contributed by atoms with van der Waals surface area (Å²) in [4.78, 5) is 7.46. The molecule has 0 aromatic carbocycles. The van der Waals surface area contributed by atoms with Gasteiger partial charge in [0, 0.05) is 29.7 Å². The number of hydrogen-bond donors (Lipinski definition) is 1. The Balaban J connectivity index is 1.88. The van der Waals surface area contributed by atoms with Gasteiger partial charge in [0.05, 0.1) is 5.54 Å². The minimum atomic E-state index is 0.107. The number of nitrogens with one attached hydrogen (secondary N) is 1. The lowest BCUT2D eigenvalue weighted by Gasteiger charge is -2.28. The van der Waals surface area contributed by atoms with E-state index in [1.54, 1.807) is 0 Å². The molecule has 2 aliphatic rings. The van der Waals surface area contributed by atoms with Crippen LogP contribution in [0.3, 0.4) is 0 Å². The quantitative estimate of drug-likeness (QED) is 0.906. The van der Waals surface area contributed by atoms with E-state index < -0.39 is 0 Å². The second kappa shape index (κ2) is 4.58. The first-order valence-electron chi connectivity index (χ1n) is 7.08. The standard InChI is InChI=1S/C14H23N3S/c1-4-15-14(13-16-10(2)8-18-13)7-11(3)17(9-14)12-5-6-12/h8,11-12,15H,4-7,9H2,1-3H3. The van der Waals surface area contributed by atoms with Crippen molar-refractivity contribution in [3.63, 3.8) is 0 Å². The van der Waals surface area contributed by atoms with Crippen molar-refractivity contribution in [3.8, 4) is 0 Å². The van der Waals surface area contributed by atoms with E-state index in [0.717, 1.165) is 24.8 Å². The molecule has 0 amide bonds. The Morgan fingerprint density at radius 2 is 2.33 bits per heavy atom. The van der Waals surface area contributed by atoms with E-state index in [1.807, 2.05) is 11.3 Å². The smallest absolute Gasteiger partial charge is 0.114 e. The van der Waals surface area contributed by atoms with Crippen LogP contribution in [0, 0.1) is 6.92 Å². The number of nitrogens with zero attached hydrogens (tertiary/aromatic N) is 2. The molecule has 0 bridgehead atoms. The first kappa shape index (κ1) is 12.6. The van der Waals surface area contributed by atoms with Crippen molar-refractivity contribution in [2.24, 2.45) is 0 Å². The maximum absolute atomic E-state index is 4.76. The minimum Gasteiger partial charge on any atom is -0.305 e. The van der Waals surface area contributed by atoms with Crippen molar-refractivity contribution in [1.82, 2.24) is 15.2 Å². The Bertz CT molecular complexity index is 426. The predicted octanol–water partition coefficient (Wildman–Crippen LogP) is 2.51. The average molecular weight is 265 g/mol. The van der Waals surface area contributed by atoms with Gasteiger partial charge in [-0.3, -0.25) is 4.90 Å². The van der Waals surface area contributed by atoms with Gasteiger partial charge in [0.1, 0.15) is 5.01 Å². The molecular weight excluding hydrogens is 242 g/mol. The minimum absolute atomic E-state index is 0.107. The second-order valence-electron chi connectivity index (χ2n) is 5.86. The van der Waals surface area contributed by atoms with Crippen LogP contribution in [-0.4, -0.2) is 35.1 Å². The summed E-state index contributed by atoms with van der Waals surface area (Å²) in [6.07, 6.45) is 3.98. The molecule has 1 aliphatic heterocycles. The number of likely N-dealkylation sites (N-methyl/N-ethyl adjacent to an activating group) is 1. The molecule has 100 valence electrons. The summed E-state index contributed by atoms with van der Waals surface area (Å²) >= 11 is 1.82. The van der Waals surface area contributed by atoms with Crippen molar-refractivity contribution in [1.29, 1.82) is 0 Å². The molecule has 1 aromatic heterocycles. The number of thiazole rings is 1. The number of aryl methyl sites for hydroxylation is 1. The summed E-state index contributed by atoms with van der Waals surface area (Å²) in [5.41, 5.74) is 1.26. The van der Waals surface area contributed by atoms with Gasteiger partial charge < -0.3 is 5.32 Å². The molecule has 3 rings (SSSR count). The lowest BCUT2D eigenvalue weighted by atomic mass is 9.97.